The molecule has 2 aromatic carbocycles. The summed E-state index contributed by atoms with van der Waals surface area (Å²) in [4.78, 5) is 27.1. The average Bonchev–Trinajstić information content (AvgIpc) is 2.72. The third-order valence-electron chi connectivity index (χ3n) is 4.51. The van der Waals surface area contributed by atoms with E-state index in [2.05, 4.69) is 10.4 Å². The monoisotopic (exact) mass is 380 g/mol. The number of nitrogens with zero attached hydrogens (tertiary/aromatic N) is 3. The van der Waals surface area contributed by atoms with E-state index in [1.54, 1.807) is 25.3 Å². The summed E-state index contributed by atoms with van der Waals surface area (Å²) in [5, 5.41) is 8.66. The number of methoxy groups -OCH3 is 1. The van der Waals surface area contributed by atoms with Gasteiger partial charge < -0.3 is 15.0 Å². The summed E-state index contributed by atoms with van der Waals surface area (Å²) in [5.41, 5.74) is 2.07. The molecule has 0 saturated heterocycles. The van der Waals surface area contributed by atoms with Gasteiger partial charge in [-0.2, -0.15) is 5.10 Å². The van der Waals surface area contributed by atoms with Crippen LogP contribution in [0.5, 0.6) is 0 Å². The lowest BCUT2D eigenvalue weighted by Gasteiger charge is -2.13. The van der Waals surface area contributed by atoms with Crippen molar-refractivity contribution in [2.75, 3.05) is 32.7 Å². The summed E-state index contributed by atoms with van der Waals surface area (Å²) >= 11 is 0. The molecular weight excluding hydrogens is 356 g/mol. The number of hydrogen-bond acceptors (Lipinski definition) is 5. The van der Waals surface area contributed by atoms with Crippen LogP contribution in [0.15, 0.2) is 53.3 Å². The fourth-order valence-electron chi connectivity index (χ4n) is 2.94. The molecule has 0 aliphatic rings. The highest BCUT2D eigenvalue weighted by Gasteiger charge is 2.12. The van der Waals surface area contributed by atoms with Gasteiger partial charge in [-0.05, 0) is 30.3 Å². The first-order valence-corrected chi connectivity index (χ1v) is 9.04. The van der Waals surface area contributed by atoms with Crippen LogP contribution in [0.4, 0.5) is 5.69 Å². The van der Waals surface area contributed by atoms with Crippen LogP contribution in [-0.4, -0.2) is 43.5 Å². The van der Waals surface area contributed by atoms with Gasteiger partial charge in [0.1, 0.15) is 0 Å². The maximum atomic E-state index is 12.6. The van der Waals surface area contributed by atoms with Crippen molar-refractivity contribution >= 4 is 22.4 Å². The predicted molar refractivity (Wildman–Crippen MR) is 110 cm³/mol. The first kappa shape index (κ1) is 19.6. The molecule has 28 heavy (non-hydrogen) atoms. The third-order valence-corrected chi connectivity index (χ3v) is 4.51. The number of ether oxygens (including phenoxy) is 1. The zero-order valence-corrected chi connectivity index (χ0v) is 16.3. The van der Waals surface area contributed by atoms with Crippen molar-refractivity contribution in [2.45, 2.75) is 13.1 Å². The molecule has 0 atom stereocenters. The molecule has 1 amide bonds. The van der Waals surface area contributed by atoms with E-state index in [9.17, 15) is 9.59 Å². The van der Waals surface area contributed by atoms with Gasteiger partial charge in [-0.3, -0.25) is 9.59 Å². The minimum absolute atomic E-state index is 0.165. The zero-order chi connectivity index (χ0) is 20.1. The third kappa shape index (κ3) is 4.20. The Bertz CT molecular complexity index is 1030. The molecule has 0 spiro atoms. The Labute approximate surface area is 163 Å². The average molecular weight is 380 g/mol. The van der Waals surface area contributed by atoms with Crippen molar-refractivity contribution < 1.29 is 9.53 Å². The maximum absolute atomic E-state index is 12.6. The minimum Gasteiger partial charge on any atom is -0.383 e. The number of rotatable bonds is 7. The molecule has 0 bridgehead atoms. The van der Waals surface area contributed by atoms with Crippen LogP contribution in [0.3, 0.4) is 0 Å². The molecule has 0 aliphatic carbocycles. The fraction of sp³-hybridized carbons (Fsp3) is 0.286. The number of benzene rings is 2. The summed E-state index contributed by atoms with van der Waals surface area (Å²) < 4.78 is 6.45. The van der Waals surface area contributed by atoms with E-state index in [4.69, 9.17) is 4.74 Å². The SMILES string of the molecule is COCCn1nc(CNC(=O)c2ccc(N(C)C)cc2)c2ccccc2c1=O. The lowest BCUT2D eigenvalue weighted by Crippen LogP contribution is -2.29. The van der Waals surface area contributed by atoms with E-state index in [-0.39, 0.29) is 18.0 Å². The smallest absolute Gasteiger partial charge is 0.274 e. The maximum Gasteiger partial charge on any atom is 0.274 e. The van der Waals surface area contributed by atoms with Crippen LogP contribution >= 0.6 is 0 Å². The molecule has 0 unspecified atom stereocenters. The Morgan fingerprint density at radius 3 is 2.43 bits per heavy atom. The van der Waals surface area contributed by atoms with Crippen LogP contribution in [0.25, 0.3) is 10.8 Å². The van der Waals surface area contributed by atoms with Crippen LogP contribution in [-0.2, 0) is 17.8 Å². The molecule has 7 nitrogen and oxygen atoms in total. The van der Waals surface area contributed by atoms with E-state index in [0.29, 0.717) is 29.8 Å². The van der Waals surface area contributed by atoms with Gasteiger partial charge >= 0.3 is 0 Å². The highest BCUT2D eigenvalue weighted by Crippen LogP contribution is 2.14. The molecule has 3 rings (SSSR count). The van der Waals surface area contributed by atoms with Crippen molar-refractivity contribution in [3.63, 3.8) is 0 Å². The molecule has 0 saturated carbocycles. The second kappa shape index (κ2) is 8.67. The zero-order valence-electron chi connectivity index (χ0n) is 16.3. The first-order chi connectivity index (χ1) is 13.5. The van der Waals surface area contributed by atoms with E-state index >= 15 is 0 Å². The number of anilines is 1. The second-order valence-electron chi connectivity index (χ2n) is 6.64. The highest BCUT2D eigenvalue weighted by molar-refractivity contribution is 5.94. The number of hydrogen-bond donors (Lipinski definition) is 1. The van der Waals surface area contributed by atoms with Crippen molar-refractivity contribution in [1.29, 1.82) is 0 Å². The summed E-state index contributed by atoms with van der Waals surface area (Å²) in [6.45, 7) is 0.963. The molecule has 0 aliphatic heterocycles. The molecule has 0 fully saturated rings. The molecule has 1 heterocycles. The molecule has 1 aromatic heterocycles. The summed E-state index contributed by atoms with van der Waals surface area (Å²) in [7, 11) is 5.48. The Hall–Kier alpha value is -3.19. The van der Waals surface area contributed by atoms with Crippen molar-refractivity contribution in [1.82, 2.24) is 15.1 Å². The van der Waals surface area contributed by atoms with Gasteiger partial charge in [0, 0.05) is 37.8 Å². The van der Waals surface area contributed by atoms with Crippen LogP contribution in [0, 0.1) is 0 Å². The number of nitrogens with one attached hydrogen (secondary N) is 1. The fourth-order valence-corrected chi connectivity index (χ4v) is 2.94. The summed E-state index contributed by atoms with van der Waals surface area (Å²) in [6.07, 6.45) is 0. The Morgan fingerprint density at radius 1 is 1.11 bits per heavy atom. The van der Waals surface area contributed by atoms with Crippen LogP contribution in [0.1, 0.15) is 16.1 Å². The van der Waals surface area contributed by atoms with E-state index in [1.807, 2.05) is 49.3 Å². The molecule has 7 heteroatoms. The molecule has 146 valence electrons. The summed E-state index contributed by atoms with van der Waals surface area (Å²) in [5.74, 6) is -0.189. The Morgan fingerprint density at radius 2 is 1.79 bits per heavy atom. The van der Waals surface area contributed by atoms with E-state index < -0.39 is 0 Å². The summed E-state index contributed by atoms with van der Waals surface area (Å²) in [6, 6.07) is 14.7. The van der Waals surface area contributed by atoms with Gasteiger partial charge in [-0.25, -0.2) is 4.68 Å². The standard InChI is InChI=1S/C21H24N4O3/c1-24(2)16-10-8-15(9-11-16)20(26)22-14-19-17-6-4-5-7-18(17)21(27)25(23-19)12-13-28-3/h4-11H,12-14H2,1-3H3,(H,22,26). The largest absolute Gasteiger partial charge is 0.383 e. The number of amides is 1. The molecule has 1 N–H and O–H groups in total. The molecule has 0 radical (unpaired) electrons. The van der Waals surface area contributed by atoms with Crippen LogP contribution < -0.4 is 15.8 Å². The number of carbonyl (C=O) groups excluding carboxylic acids is 1. The van der Waals surface area contributed by atoms with Gasteiger partial charge in [0.05, 0.1) is 30.8 Å². The Balaban J connectivity index is 1.84. The van der Waals surface area contributed by atoms with Crippen LogP contribution in [0.2, 0.25) is 0 Å². The second-order valence-corrected chi connectivity index (χ2v) is 6.64. The van der Waals surface area contributed by atoms with Gasteiger partial charge in [0.2, 0.25) is 0 Å². The molecular formula is C21H24N4O3. The number of fused-ring (bicyclic) bond motifs is 1. The van der Waals surface area contributed by atoms with Gasteiger partial charge in [-0.1, -0.05) is 18.2 Å². The number of carbonyl (C=O) groups is 1. The minimum atomic E-state index is -0.189. The van der Waals surface area contributed by atoms with Crippen molar-refractivity contribution in [3.8, 4) is 0 Å². The lowest BCUT2D eigenvalue weighted by molar-refractivity contribution is 0.0950. The normalized spacial score (nSPS) is 10.8. The van der Waals surface area contributed by atoms with E-state index in [1.165, 1.54) is 4.68 Å². The van der Waals surface area contributed by atoms with E-state index in [0.717, 1.165) is 11.1 Å². The lowest BCUT2D eigenvalue weighted by atomic mass is 10.1. The quantitative estimate of drug-likeness (QED) is 0.679. The van der Waals surface area contributed by atoms with Gasteiger partial charge in [0.25, 0.3) is 11.5 Å². The highest BCUT2D eigenvalue weighted by atomic mass is 16.5. The Kier molecular flexibility index (Phi) is 6.06. The topological polar surface area (TPSA) is 76.5 Å². The van der Waals surface area contributed by atoms with Crippen molar-refractivity contribution in [3.05, 3.63) is 70.1 Å². The first-order valence-electron chi connectivity index (χ1n) is 9.04. The van der Waals surface area contributed by atoms with Gasteiger partial charge in [0.15, 0.2) is 0 Å². The predicted octanol–water partition coefficient (Wildman–Crippen LogP) is 2.04. The van der Waals surface area contributed by atoms with Crippen molar-refractivity contribution in [2.24, 2.45) is 0 Å². The van der Waals surface area contributed by atoms with Gasteiger partial charge in [-0.15, -0.1) is 0 Å². The molecule has 3 aromatic rings. The number of aromatic nitrogens is 2.